The van der Waals surface area contributed by atoms with Crippen LogP contribution in [0.1, 0.15) is 50.1 Å². The highest BCUT2D eigenvalue weighted by molar-refractivity contribution is 5.40. The van der Waals surface area contributed by atoms with Gasteiger partial charge in [-0.1, -0.05) is 12.8 Å². The SMILES string of the molecule is NC1CC(c2cc(N3CCCCCC3)ncn2)C1. The highest BCUT2D eigenvalue weighted by Gasteiger charge is 2.28. The molecule has 1 aromatic heterocycles. The quantitative estimate of drug-likeness (QED) is 0.868. The maximum Gasteiger partial charge on any atom is 0.132 e. The monoisotopic (exact) mass is 246 g/mol. The van der Waals surface area contributed by atoms with Crippen molar-refractivity contribution in [1.29, 1.82) is 0 Å². The average Bonchev–Trinajstić information content (AvgIpc) is 2.64. The Labute approximate surface area is 109 Å². The fourth-order valence-corrected chi connectivity index (χ4v) is 2.96. The smallest absolute Gasteiger partial charge is 0.132 e. The van der Waals surface area contributed by atoms with Crippen LogP contribution in [0.5, 0.6) is 0 Å². The van der Waals surface area contributed by atoms with Crippen molar-refractivity contribution in [3.63, 3.8) is 0 Å². The van der Waals surface area contributed by atoms with Crippen molar-refractivity contribution in [3.8, 4) is 0 Å². The molecule has 0 bridgehead atoms. The van der Waals surface area contributed by atoms with Crippen molar-refractivity contribution in [2.24, 2.45) is 5.73 Å². The molecule has 2 heterocycles. The lowest BCUT2D eigenvalue weighted by molar-refractivity contribution is 0.345. The number of anilines is 1. The second kappa shape index (κ2) is 5.22. The highest BCUT2D eigenvalue weighted by atomic mass is 15.2. The third-order valence-electron chi connectivity index (χ3n) is 4.20. The molecule has 18 heavy (non-hydrogen) atoms. The van der Waals surface area contributed by atoms with E-state index in [1.807, 2.05) is 0 Å². The molecule has 2 aliphatic rings. The summed E-state index contributed by atoms with van der Waals surface area (Å²) in [7, 11) is 0. The molecular formula is C14H22N4. The van der Waals surface area contributed by atoms with E-state index in [0.717, 1.165) is 31.7 Å². The van der Waals surface area contributed by atoms with Crippen LogP contribution in [-0.4, -0.2) is 29.1 Å². The van der Waals surface area contributed by atoms with E-state index in [2.05, 4.69) is 20.9 Å². The number of nitrogens with zero attached hydrogens (tertiary/aromatic N) is 3. The van der Waals surface area contributed by atoms with Crippen molar-refractivity contribution in [1.82, 2.24) is 9.97 Å². The minimum Gasteiger partial charge on any atom is -0.357 e. The molecule has 4 heteroatoms. The Morgan fingerprint density at radius 2 is 1.78 bits per heavy atom. The van der Waals surface area contributed by atoms with Crippen molar-refractivity contribution in [2.75, 3.05) is 18.0 Å². The second-order valence-corrected chi connectivity index (χ2v) is 5.63. The van der Waals surface area contributed by atoms with Gasteiger partial charge in [0.1, 0.15) is 12.1 Å². The van der Waals surface area contributed by atoms with Crippen molar-refractivity contribution in [3.05, 3.63) is 18.1 Å². The molecule has 0 amide bonds. The Bertz CT molecular complexity index is 393. The van der Waals surface area contributed by atoms with Crippen molar-refractivity contribution < 1.29 is 0 Å². The van der Waals surface area contributed by atoms with Crippen LogP contribution in [0.15, 0.2) is 12.4 Å². The summed E-state index contributed by atoms with van der Waals surface area (Å²) < 4.78 is 0. The predicted octanol–water partition coefficient (Wildman–Crippen LogP) is 2.06. The van der Waals surface area contributed by atoms with Gasteiger partial charge >= 0.3 is 0 Å². The first-order valence-corrected chi connectivity index (χ1v) is 7.15. The molecule has 1 saturated carbocycles. The summed E-state index contributed by atoms with van der Waals surface area (Å²) in [5, 5.41) is 0. The van der Waals surface area contributed by atoms with Gasteiger partial charge in [-0.05, 0) is 25.7 Å². The topological polar surface area (TPSA) is 55.0 Å². The van der Waals surface area contributed by atoms with Gasteiger partial charge in [-0.25, -0.2) is 9.97 Å². The molecule has 0 radical (unpaired) electrons. The Morgan fingerprint density at radius 1 is 1.06 bits per heavy atom. The van der Waals surface area contributed by atoms with E-state index in [9.17, 15) is 0 Å². The van der Waals surface area contributed by atoms with Gasteiger partial charge in [0.05, 0.1) is 0 Å². The maximum atomic E-state index is 5.85. The zero-order chi connectivity index (χ0) is 12.4. The lowest BCUT2D eigenvalue weighted by Crippen LogP contribution is -2.35. The van der Waals surface area contributed by atoms with Gasteiger partial charge in [0, 0.05) is 36.8 Å². The molecule has 1 aliphatic carbocycles. The molecule has 0 aromatic carbocycles. The minimum atomic E-state index is 0.381. The third-order valence-corrected chi connectivity index (χ3v) is 4.20. The Kier molecular flexibility index (Phi) is 3.46. The Hall–Kier alpha value is -1.16. The first-order valence-electron chi connectivity index (χ1n) is 7.15. The van der Waals surface area contributed by atoms with Crippen LogP contribution in [0.25, 0.3) is 0 Å². The predicted molar refractivity (Wildman–Crippen MR) is 72.7 cm³/mol. The molecular weight excluding hydrogens is 224 g/mol. The van der Waals surface area contributed by atoms with Crippen LogP contribution >= 0.6 is 0 Å². The molecule has 2 fully saturated rings. The first kappa shape index (κ1) is 11.9. The molecule has 1 aromatic rings. The first-order chi connectivity index (χ1) is 8.83. The minimum absolute atomic E-state index is 0.381. The average molecular weight is 246 g/mol. The largest absolute Gasteiger partial charge is 0.357 e. The normalized spacial score (nSPS) is 28.6. The standard InChI is InChI=1S/C14H22N4/c15-12-7-11(8-12)13-9-14(17-10-16-13)18-5-3-1-2-4-6-18/h9-12H,1-8,15H2. The second-order valence-electron chi connectivity index (χ2n) is 5.63. The summed E-state index contributed by atoms with van der Waals surface area (Å²) in [4.78, 5) is 11.3. The summed E-state index contributed by atoms with van der Waals surface area (Å²) in [5.41, 5.74) is 7.04. The molecule has 3 rings (SSSR count). The summed E-state index contributed by atoms with van der Waals surface area (Å²) >= 11 is 0. The summed E-state index contributed by atoms with van der Waals surface area (Å²) in [6.07, 6.45) is 9.16. The van der Waals surface area contributed by atoms with Crippen LogP contribution in [0, 0.1) is 0 Å². The van der Waals surface area contributed by atoms with Crippen LogP contribution in [0.4, 0.5) is 5.82 Å². The zero-order valence-electron chi connectivity index (χ0n) is 10.9. The van der Waals surface area contributed by atoms with Crippen molar-refractivity contribution in [2.45, 2.75) is 50.5 Å². The van der Waals surface area contributed by atoms with Gasteiger partial charge in [0.2, 0.25) is 0 Å². The van der Waals surface area contributed by atoms with Crippen LogP contribution < -0.4 is 10.6 Å². The van der Waals surface area contributed by atoms with Gasteiger partial charge in [-0.15, -0.1) is 0 Å². The van der Waals surface area contributed by atoms with E-state index in [1.54, 1.807) is 6.33 Å². The molecule has 0 unspecified atom stereocenters. The third kappa shape index (κ3) is 2.48. The number of hydrogen-bond donors (Lipinski definition) is 1. The van der Waals surface area contributed by atoms with E-state index in [-0.39, 0.29) is 0 Å². The van der Waals surface area contributed by atoms with E-state index in [0.29, 0.717) is 12.0 Å². The zero-order valence-corrected chi connectivity index (χ0v) is 10.9. The molecule has 0 spiro atoms. The highest BCUT2D eigenvalue weighted by Crippen LogP contribution is 2.35. The van der Waals surface area contributed by atoms with E-state index < -0.39 is 0 Å². The Morgan fingerprint density at radius 3 is 2.44 bits per heavy atom. The lowest BCUT2D eigenvalue weighted by Gasteiger charge is -2.32. The molecule has 0 atom stereocenters. The van der Waals surface area contributed by atoms with E-state index in [4.69, 9.17) is 5.73 Å². The van der Waals surface area contributed by atoms with Gasteiger partial charge in [-0.3, -0.25) is 0 Å². The van der Waals surface area contributed by atoms with Crippen molar-refractivity contribution >= 4 is 5.82 Å². The molecule has 4 nitrogen and oxygen atoms in total. The van der Waals surface area contributed by atoms with Gasteiger partial charge in [-0.2, -0.15) is 0 Å². The van der Waals surface area contributed by atoms with Crippen LogP contribution in [0.3, 0.4) is 0 Å². The molecule has 1 aliphatic heterocycles. The summed E-state index contributed by atoms with van der Waals surface area (Å²) in [6, 6.07) is 2.56. The molecule has 98 valence electrons. The number of nitrogens with two attached hydrogens (primary N) is 1. The lowest BCUT2D eigenvalue weighted by atomic mass is 9.78. The number of rotatable bonds is 2. The van der Waals surface area contributed by atoms with Crippen LogP contribution in [0.2, 0.25) is 0 Å². The molecule has 2 N–H and O–H groups in total. The fourth-order valence-electron chi connectivity index (χ4n) is 2.96. The van der Waals surface area contributed by atoms with Gasteiger partial charge in [0.15, 0.2) is 0 Å². The number of aromatic nitrogens is 2. The fraction of sp³-hybridized carbons (Fsp3) is 0.714. The Balaban J connectivity index is 1.73. The maximum absolute atomic E-state index is 5.85. The van der Waals surface area contributed by atoms with E-state index in [1.165, 1.54) is 31.4 Å². The van der Waals surface area contributed by atoms with Crippen LogP contribution in [-0.2, 0) is 0 Å². The number of hydrogen-bond acceptors (Lipinski definition) is 4. The van der Waals surface area contributed by atoms with E-state index >= 15 is 0 Å². The van der Waals surface area contributed by atoms with Gasteiger partial charge < -0.3 is 10.6 Å². The summed E-state index contributed by atoms with van der Waals surface area (Å²) in [6.45, 7) is 2.28. The van der Waals surface area contributed by atoms with Gasteiger partial charge in [0.25, 0.3) is 0 Å². The molecule has 1 saturated heterocycles. The summed E-state index contributed by atoms with van der Waals surface area (Å²) in [5.74, 6) is 1.68.